The van der Waals surface area contributed by atoms with E-state index in [1.54, 1.807) is 11.8 Å². The molecular weight excluding hydrogens is 370 g/mol. The van der Waals surface area contributed by atoms with Crippen LogP contribution >= 0.6 is 0 Å². The standard InChI is InChI=1S/C22H29N3O2S/c1-4-12-25(18(2)26)21-17-19(24-15-13-23(3)14-16-24)10-11-22(21)28(27)20-8-6-5-7-9-20/h5-11,17H,4,12-16H2,1-3H3. The number of hydrogen-bond acceptors (Lipinski definition) is 4. The molecule has 6 heteroatoms. The minimum atomic E-state index is -1.34. The third-order valence-electron chi connectivity index (χ3n) is 5.09. The summed E-state index contributed by atoms with van der Waals surface area (Å²) in [7, 11) is 0.794. The van der Waals surface area contributed by atoms with Crippen LogP contribution in [-0.2, 0) is 15.6 Å². The van der Waals surface area contributed by atoms with Gasteiger partial charge in [0.1, 0.15) is 0 Å². The lowest BCUT2D eigenvalue weighted by Crippen LogP contribution is -2.44. The molecule has 5 nitrogen and oxygen atoms in total. The molecule has 0 bridgehead atoms. The highest BCUT2D eigenvalue weighted by molar-refractivity contribution is 7.85. The van der Waals surface area contributed by atoms with E-state index in [2.05, 4.69) is 16.8 Å². The fourth-order valence-corrected chi connectivity index (χ4v) is 4.69. The van der Waals surface area contributed by atoms with Gasteiger partial charge in [-0.15, -0.1) is 0 Å². The van der Waals surface area contributed by atoms with Crippen molar-refractivity contribution in [2.45, 2.75) is 30.1 Å². The first kappa shape index (κ1) is 20.6. The van der Waals surface area contributed by atoms with E-state index in [4.69, 9.17) is 0 Å². The van der Waals surface area contributed by atoms with Gasteiger partial charge in [-0.2, -0.15) is 0 Å². The molecule has 1 saturated heterocycles. The third kappa shape index (κ3) is 4.62. The number of amides is 1. The Labute approximate surface area is 170 Å². The molecule has 0 N–H and O–H groups in total. The van der Waals surface area contributed by atoms with Crippen molar-refractivity contribution in [3.8, 4) is 0 Å². The van der Waals surface area contributed by atoms with Crippen molar-refractivity contribution >= 4 is 28.1 Å². The number of nitrogens with zero attached hydrogens (tertiary/aromatic N) is 3. The smallest absolute Gasteiger partial charge is 0.223 e. The summed E-state index contributed by atoms with van der Waals surface area (Å²) in [5.74, 6) is -0.0244. The Morgan fingerprint density at radius 3 is 2.36 bits per heavy atom. The summed E-state index contributed by atoms with van der Waals surface area (Å²) >= 11 is 0. The van der Waals surface area contributed by atoms with Crippen molar-refractivity contribution in [3.05, 3.63) is 48.5 Å². The molecule has 1 heterocycles. The van der Waals surface area contributed by atoms with E-state index in [0.717, 1.165) is 48.9 Å². The first-order valence-electron chi connectivity index (χ1n) is 9.83. The second kappa shape index (κ2) is 9.34. The van der Waals surface area contributed by atoms with Crippen LogP contribution in [0.3, 0.4) is 0 Å². The van der Waals surface area contributed by atoms with Gasteiger partial charge < -0.3 is 14.7 Å². The van der Waals surface area contributed by atoms with E-state index in [0.29, 0.717) is 11.4 Å². The van der Waals surface area contributed by atoms with Crippen LogP contribution in [0.5, 0.6) is 0 Å². The van der Waals surface area contributed by atoms with Gasteiger partial charge in [-0.05, 0) is 43.8 Å². The van der Waals surface area contributed by atoms with Gasteiger partial charge in [0, 0.05) is 50.2 Å². The molecule has 28 heavy (non-hydrogen) atoms. The Morgan fingerprint density at radius 1 is 1.07 bits per heavy atom. The number of carbonyl (C=O) groups is 1. The Kier molecular flexibility index (Phi) is 6.86. The Morgan fingerprint density at radius 2 is 1.75 bits per heavy atom. The highest BCUT2D eigenvalue weighted by atomic mass is 32.2. The van der Waals surface area contributed by atoms with Crippen molar-refractivity contribution in [2.75, 3.05) is 49.6 Å². The molecule has 0 aliphatic carbocycles. The van der Waals surface area contributed by atoms with Crippen LogP contribution in [0.4, 0.5) is 11.4 Å². The maximum atomic E-state index is 13.3. The Bertz CT molecular complexity index is 833. The Balaban J connectivity index is 2.03. The highest BCUT2D eigenvalue weighted by Crippen LogP contribution is 2.32. The average Bonchev–Trinajstić information content (AvgIpc) is 2.72. The van der Waals surface area contributed by atoms with E-state index in [1.165, 1.54) is 0 Å². The SMILES string of the molecule is CCCN(C(C)=O)c1cc(N2CCN(C)CC2)ccc1S(=O)c1ccccc1. The van der Waals surface area contributed by atoms with E-state index in [9.17, 15) is 9.00 Å². The third-order valence-corrected chi connectivity index (χ3v) is 6.53. The van der Waals surface area contributed by atoms with Crippen molar-refractivity contribution in [3.63, 3.8) is 0 Å². The summed E-state index contributed by atoms with van der Waals surface area (Å²) in [6.07, 6.45) is 0.843. The zero-order valence-electron chi connectivity index (χ0n) is 16.9. The Hall–Kier alpha value is -2.18. The lowest BCUT2D eigenvalue weighted by molar-refractivity contribution is -0.116. The van der Waals surface area contributed by atoms with Crippen molar-refractivity contribution < 1.29 is 9.00 Å². The summed E-state index contributed by atoms with van der Waals surface area (Å²) in [5.41, 5.74) is 1.84. The average molecular weight is 400 g/mol. The molecule has 2 aromatic carbocycles. The number of hydrogen-bond donors (Lipinski definition) is 0. The topological polar surface area (TPSA) is 43.9 Å². The van der Waals surface area contributed by atoms with Gasteiger partial charge in [0.05, 0.1) is 21.4 Å². The van der Waals surface area contributed by atoms with Crippen LogP contribution in [0.1, 0.15) is 20.3 Å². The van der Waals surface area contributed by atoms with E-state index < -0.39 is 10.8 Å². The summed E-state index contributed by atoms with van der Waals surface area (Å²) in [6, 6.07) is 15.4. The number of rotatable bonds is 6. The summed E-state index contributed by atoms with van der Waals surface area (Å²) < 4.78 is 13.3. The van der Waals surface area contributed by atoms with E-state index in [1.807, 2.05) is 55.5 Å². The lowest BCUT2D eigenvalue weighted by atomic mass is 10.2. The minimum absolute atomic E-state index is 0.0244. The largest absolute Gasteiger partial charge is 0.369 e. The number of benzene rings is 2. The zero-order chi connectivity index (χ0) is 20.1. The van der Waals surface area contributed by atoms with Crippen LogP contribution in [0.2, 0.25) is 0 Å². The molecule has 0 spiro atoms. The summed E-state index contributed by atoms with van der Waals surface area (Å²) in [4.78, 5) is 20.2. The van der Waals surface area contributed by atoms with Crippen LogP contribution in [0.25, 0.3) is 0 Å². The molecule has 1 aliphatic rings. The van der Waals surface area contributed by atoms with Gasteiger partial charge in [0.25, 0.3) is 0 Å². The molecule has 3 rings (SSSR count). The molecule has 1 fully saturated rings. The molecule has 0 aromatic heterocycles. The number of carbonyl (C=O) groups excluding carboxylic acids is 1. The van der Waals surface area contributed by atoms with Gasteiger partial charge in [0.2, 0.25) is 5.91 Å². The molecule has 1 unspecified atom stereocenters. The predicted molar refractivity (Wildman–Crippen MR) is 116 cm³/mol. The van der Waals surface area contributed by atoms with Crippen LogP contribution in [0.15, 0.2) is 58.3 Å². The van der Waals surface area contributed by atoms with Gasteiger partial charge in [-0.3, -0.25) is 4.79 Å². The summed E-state index contributed by atoms with van der Waals surface area (Å²) in [5, 5.41) is 0. The fraction of sp³-hybridized carbons (Fsp3) is 0.409. The molecule has 1 aliphatic heterocycles. The zero-order valence-corrected chi connectivity index (χ0v) is 17.7. The second-order valence-electron chi connectivity index (χ2n) is 7.19. The molecular formula is C22H29N3O2S. The number of anilines is 2. The van der Waals surface area contributed by atoms with Crippen LogP contribution in [-0.4, -0.2) is 54.8 Å². The molecule has 1 atom stereocenters. The normalized spacial score (nSPS) is 16.0. The monoisotopic (exact) mass is 399 g/mol. The first-order valence-corrected chi connectivity index (χ1v) is 11.0. The maximum absolute atomic E-state index is 13.3. The molecule has 150 valence electrons. The van der Waals surface area contributed by atoms with Crippen LogP contribution < -0.4 is 9.80 Å². The van der Waals surface area contributed by atoms with Gasteiger partial charge >= 0.3 is 0 Å². The summed E-state index contributed by atoms with van der Waals surface area (Å²) in [6.45, 7) is 8.16. The number of likely N-dealkylation sites (N-methyl/N-ethyl adjacent to an activating group) is 1. The number of piperazine rings is 1. The van der Waals surface area contributed by atoms with Gasteiger partial charge in [-0.1, -0.05) is 25.1 Å². The predicted octanol–water partition coefficient (Wildman–Crippen LogP) is 3.37. The molecule has 2 aromatic rings. The van der Waals surface area contributed by atoms with E-state index >= 15 is 0 Å². The van der Waals surface area contributed by atoms with Crippen molar-refractivity contribution in [2.24, 2.45) is 0 Å². The fourth-order valence-electron chi connectivity index (χ4n) is 3.48. The van der Waals surface area contributed by atoms with Crippen molar-refractivity contribution in [1.82, 2.24) is 4.90 Å². The minimum Gasteiger partial charge on any atom is -0.369 e. The molecule has 0 saturated carbocycles. The maximum Gasteiger partial charge on any atom is 0.223 e. The quantitative estimate of drug-likeness (QED) is 0.747. The highest BCUT2D eigenvalue weighted by Gasteiger charge is 2.22. The van der Waals surface area contributed by atoms with Gasteiger partial charge in [0.15, 0.2) is 0 Å². The second-order valence-corrected chi connectivity index (χ2v) is 8.64. The first-order chi connectivity index (χ1) is 13.5. The van der Waals surface area contributed by atoms with Gasteiger partial charge in [-0.25, -0.2) is 4.21 Å². The lowest BCUT2D eigenvalue weighted by Gasteiger charge is -2.35. The van der Waals surface area contributed by atoms with Crippen LogP contribution in [0, 0.1) is 0 Å². The van der Waals surface area contributed by atoms with Crippen molar-refractivity contribution in [1.29, 1.82) is 0 Å². The molecule has 1 amide bonds. The molecule has 0 radical (unpaired) electrons. The van der Waals surface area contributed by atoms with E-state index in [-0.39, 0.29) is 5.91 Å².